The summed E-state index contributed by atoms with van der Waals surface area (Å²) in [5.74, 6) is 2.48. The Hall–Kier alpha value is -2.95. The van der Waals surface area contributed by atoms with Crippen LogP contribution in [0.1, 0.15) is 25.7 Å². The Morgan fingerprint density at radius 1 is 1.33 bits per heavy atom. The van der Waals surface area contributed by atoms with Crippen molar-refractivity contribution < 1.29 is 4.79 Å². The molecule has 0 unspecified atom stereocenters. The molecule has 1 aliphatic heterocycles. The molecule has 0 fully saturated rings. The number of amides is 1. The zero-order valence-electron chi connectivity index (χ0n) is 13.2. The summed E-state index contributed by atoms with van der Waals surface area (Å²) in [6, 6.07) is 1.66. The molecule has 0 aromatic carbocycles. The summed E-state index contributed by atoms with van der Waals surface area (Å²) in [5.41, 5.74) is -0.0578. The minimum Gasteiger partial charge on any atom is -0.354 e. The zero-order chi connectivity index (χ0) is 17.0. The van der Waals surface area contributed by atoms with E-state index in [1.165, 1.54) is 4.52 Å². The van der Waals surface area contributed by atoms with E-state index < -0.39 is 5.66 Å². The number of carbonyl (C=O) groups is 1. The molecular weight excluding hydrogens is 308 g/mol. The minimum absolute atomic E-state index is 0.0779. The van der Waals surface area contributed by atoms with E-state index in [1.807, 2.05) is 0 Å². The summed E-state index contributed by atoms with van der Waals surface area (Å²) in [6.07, 6.45) is 12.4. The maximum Gasteiger partial charge on any atom is 0.276 e. The Bertz CT molecular complexity index is 867. The topological polar surface area (TPSA) is 93.1 Å². The average Bonchev–Trinajstić information content (AvgIpc) is 3.19. The summed E-state index contributed by atoms with van der Waals surface area (Å²) in [5, 5.41) is 14.8. The summed E-state index contributed by atoms with van der Waals surface area (Å²) >= 11 is 0. The molecule has 0 aliphatic carbocycles. The van der Waals surface area contributed by atoms with Crippen LogP contribution in [0.5, 0.6) is 0 Å². The van der Waals surface area contributed by atoms with Crippen LogP contribution in [0.2, 0.25) is 0 Å². The standard InChI is InChI=1S/C16H18N6O2/c1-2-3-6-16(19-20-16)7-4-14(23)17-9-10-21-11-12-22-13(15(21)24)5-8-18-22/h1,5,8,11-12H,3-4,6-7,9-10H2,(H,17,23). The van der Waals surface area contributed by atoms with Crippen molar-refractivity contribution in [1.82, 2.24) is 19.5 Å². The number of rotatable bonds is 8. The van der Waals surface area contributed by atoms with Gasteiger partial charge in [-0.2, -0.15) is 15.3 Å². The molecule has 2 aromatic heterocycles. The van der Waals surface area contributed by atoms with Crippen LogP contribution in [0.15, 0.2) is 39.7 Å². The number of hydrogen-bond donors (Lipinski definition) is 1. The van der Waals surface area contributed by atoms with Crippen LogP contribution in [0.25, 0.3) is 5.52 Å². The minimum atomic E-state index is -0.437. The van der Waals surface area contributed by atoms with Gasteiger partial charge >= 0.3 is 0 Å². The van der Waals surface area contributed by atoms with Crippen molar-refractivity contribution in [2.45, 2.75) is 37.9 Å². The fourth-order valence-corrected chi connectivity index (χ4v) is 2.52. The van der Waals surface area contributed by atoms with Crippen molar-refractivity contribution in [3.05, 3.63) is 35.0 Å². The number of hydrogen-bond acceptors (Lipinski definition) is 5. The van der Waals surface area contributed by atoms with Crippen LogP contribution in [0, 0.1) is 12.3 Å². The van der Waals surface area contributed by atoms with Gasteiger partial charge in [-0.15, -0.1) is 12.3 Å². The first-order chi connectivity index (χ1) is 11.6. The van der Waals surface area contributed by atoms with E-state index in [2.05, 4.69) is 26.6 Å². The predicted octanol–water partition coefficient (Wildman–Crippen LogP) is 0.968. The van der Waals surface area contributed by atoms with Crippen molar-refractivity contribution in [2.75, 3.05) is 6.54 Å². The molecule has 124 valence electrons. The molecule has 24 heavy (non-hydrogen) atoms. The summed E-state index contributed by atoms with van der Waals surface area (Å²) in [6.45, 7) is 0.790. The second kappa shape index (κ2) is 6.66. The van der Waals surface area contributed by atoms with Gasteiger partial charge in [-0.1, -0.05) is 0 Å². The van der Waals surface area contributed by atoms with E-state index in [4.69, 9.17) is 6.42 Å². The van der Waals surface area contributed by atoms with Crippen LogP contribution < -0.4 is 10.9 Å². The van der Waals surface area contributed by atoms with Gasteiger partial charge in [0.15, 0.2) is 5.66 Å². The molecule has 0 bridgehead atoms. The maximum atomic E-state index is 12.2. The van der Waals surface area contributed by atoms with E-state index in [0.29, 0.717) is 44.3 Å². The molecule has 2 aromatic rings. The third-order valence-electron chi connectivity index (χ3n) is 4.02. The highest BCUT2D eigenvalue weighted by Gasteiger charge is 2.39. The Balaban J connectivity index is 1.44. The molecule has 0 radical (unpaired) electrons. The van der Waals surface area contributed by atoms with Gasteiger partial charge in [0, 0.05) is 51.2 Å². The highest BCUT2D eigenvalue weighted by atomic mass is 16.1. The molecule has 0 saturated heterocycles. The smallest absolute Gasteiger partial charge is 0.276 e. The maximum absolute atomic E-state index is 12.2. The van der Waals surface area contributed by atoms with Crippen LogP contribution in [0.3, 0.4) is 0 Å². The molecule has 0 atom stereocenters. The van der Waals surface area contributed by atoms with Crippen molar-refractivity contribution >= 4 is 11.4 Å². The first kappa shape index (κ1) is 15.9. The molecule has 3 heterocycles. The number of nitrogens with zero attached hydrogens (tertiary/aromatic N) is 5. The van der Waals surface area contributed by atoms with Crippen LogP contribution in [-0.2, 0) is 11.3 Å². The largest absolute Gasteiger partial charge is 0.354 e. The molecule has 0 spiro atoms. The summed E-state index contributed by atoms with van der Waals surface area (Å²) in [4.78, 5) is 24.1. The number of nitrogens with one attached hydrogen (secondary N) is 1. The van der Waals surface area contributed by atoms with Gasteiger partial charge in [0.1, 0.15) is 5.52 Å². The van der Waals surface area contributed by atoms with Crippen molar-refractivity contribution in [3.8, 4) is 12.3 Å². The molecular formula is C16H18N6O2. The lowest BCUT2D eigenvalue weighted by Crippen LogP contribution is -2.31. The van der Waals surface area contributed by atoms with E-state index >= 15 is 0 Å². The van der Waals surface area contributed by atoms with Crippen LogP contribution >= 0.6 is 0 Å². The Morgan fingerprint density at radius 2 is 2.17 bits per heavy atom. The van der Waals surface area contributed by atoms with Gasteiger partial charge < -0.3 is 9.88 Å². The van der Waals surface area contributed by atoms with Crippen molar-refractivity contribution in [3.63, 3.8) is 0 Å². The summed E-state index contributed by atoms with van der Waals surface area (Å²) in [7, 11) is 0. The highest BCUT2D eigenvalue weighted by molar-refractivity contribution is 5.75. The zero-order valence-corrected chi connectivity index (χ0v) is 13.2. The fraction of sp³-hybridized carbons (Fsp3) is 0.438. The normalized spacial score (nSPS) is 14.5. The van der Waals surface area contributed by atoms with E-state index in [-0.39, 0.29) is 11.5 Å². The lowest BCUT2D eigenvalue weighted by atomic mass is 10.0. The molecule has 0 saturated carbocycles. The lowest BCUT2D eigenvalue weighted by Gasteiger charge is -2.10. The van der Waals surface area contributed by atoms with Crippen molar-refractivity contribution in [2.24, 2.45) is 10.2 Å². The van der Waals surface area contributed by atoms with Gasteiger partial charge in [-0.3, -0.25) is 9.59 Å². The quantitative estimate of drug-likeness (QED) is 0.732. The molecule has 1 N–H and O–H groups in total. The third kappa shape index (κ3) is 3.51. The molecule has 8 nitrogen and oxygen atoms in total. The third-order valence-corrected chi connectivity index (χ3v) is 4.02. The Kier molecular flexibility index (Phi) is 4.42. The van der Waals surface area contributed by atoms with Gasteiger partial charge in [0.25, 0.3) is 5.56 Å². The Labute approximate surface area is 138 Å². The number of aromatic nitrogens is 3. The monoisotopic (exact) mass is 326 g/mol. The highest BCUT2D eigenvalue weighted by Crippen LogP contribution is 2.37. The molecule has 1 aliphatic rings. The van der Waals surface area contributed by atoms with E-state index in [0.717, 1.165) is 0 Å². The number of carbonyl (C=O) groups excluding carboxylic acids is 1. The first-order valence-corrected chi connectivity index (χ1v) is 7.81. The SMILES string of the molecule is C#CCCC1(CCC(=O)NCCn2ccn3nccc3c2=O)N=N1. The van der Waals surface area contributed by atoms with Gasteiger partial charge in [0.05, 0.1) is 6.20 Å². The van der Waals surface area contributed by atoms with E-state index in [1.54, 1.807) is 29.2 Å². The molecule has 1 amide bonds. The number of terminal acetylenes is 1. The van der Waals surface area contributed by atoms with Gasteiger partial charge in [0.2, 0.25) is 5.91 Å². The first-order valence-electron chi connectivity index (χ1n) is 7.81. The Morgan fingerprint density at radius 3 is 2.92 bits per heavy atom. The van der Waals surface area contributed by atoms with Crippen LogP contribution in [-0.4, -0.2) is 32.3 Å². The second-order valence-corrected chi connectivity index (χ2v) is 5.69. The average molecular weight is 326 g/mol. The van der Waals surface area contributed by atoms with Crippen molar-refractivity contribution in [1.29, 1.82) is 0 Å². The molecule has 8 heteroatoms. The number of fused-ring (bicyclic) bond motifs is 1. The van der Waals surface area contributed by atoms with Gasteiger partial charge in [-0.25, -0.2) is 4.52 Å². The molecule has 3 rings (SSSR count). The fourth-order valence-electron chi connectivity index (χ4n) is 2.52. The van der Waals surface area contributed by atoms with Gasteiger partial charge in [-0.05, 0) is 6.07 Å². The summed E-state index contributed by atoms with van der Waals surface area (Å²) < 4.78 is 3.08. The van der Waals surface area contributed by atoms with Crippen LogP contribution in [0.4, 0.5) is 0 Å². The lowest BCUT2D eigenvalue weighted by molar-refractivity contribution is -0.121. The van der Waals surface area contributed by atoms with E-state index in [9.17, 15) is 9.59 Å². The second-order valence-electron chi connectivity index (χ2n) is 5.69. The predicted molar refractivity (Wildman–Crippen MR) is 87.3 cm³/mol.